The van der Waals surface area contributed by atoms with Gasteiger partial charge in [0, 0.05) is 37.4 Å². The molecule has 5 heteroatoms. The van der Waals surface area contributed by atoms with Gasteiger partial charge in [-0.2, -0.15) is 0 Å². The van der Waals surface area contributed by atoms with Gasteiger partial charge in [0.15, 0.2) is 5.78 Å². The minimum atomic E-state index is -0.449. The zero-order chi connectivity index (χ0) is 24.7. The molecule has 1 aliphatic heterocycles. The summed E-state index contributed by atoms with van der Waals surface area (Å²) in [7, 11) is 0. The van der Waals surface area contributed by atoms with Crippen LogP contribution in [0.5, 0.6) is 0 Å². The van der Waals surface area contributed by atoms with Crippen LogP contribution in [0.25, 0.3) is 11.1 Å². The molecule has 1 fully saturated rings. The van der Waals surface area contributed by atoms with Gasteiger partial charge in [-0.3, -0.25) is 9.59 Å². The van der Waals surface area contributed by atoms with Crippen LogP contribution in [-0.4, -0.2) is 37.9 Å². The number of rotatable bonds is 6. The standard InChI is InChI=1S/C30H33N3O2/c1-4-5-10-21-18-24-22-11-6-7-12-23(22)29(34)27(24)28(26(21)30(31)35)33-16-14-32(15-17-33)25-13-8-9-19(2)20(25)3/h6-9,11-13,18H,4-5,10,14-17H2,1-3H3,(H2,31,35). The molecule has 2 N–H and O–H groups in total. The van der Waals surface area contributed by atoms with Gasteiger partial charge in [-0.05, 0) is 66.6 Å². The van der Waals surface area contributed by atoms with Crippen LogP contribution in [0.15, 0.2) is 48.5 Å². The number of fused-ring (bicyclic) bond motifs is 3. The Morgan fingerprint density at radius 1 is 0.914 bits per heavy atom. The van der Waals surface area contributed by atoms with Crippen LogP contribution in [0.4, 0.5) is 11.4 Å². The predicted octanol–water partition coefficient (Wildman–Crippen LogP) is 5.28. The third-order valence-electron chi connectivity index (χ3n) is 7.63. The molecule has 1 aliphatic carbocycles. The van der Waals surface area contributed by atoms with Gasteiger partial charge in [0.2, 0.25) is 0 Å². The van der Waals surface area contributed by atoms with Gasteiger partial charge in [-0.25, -0.2) is 0 Å². The van der Waals surface area contributed by atoms with Gasteiger partial charge in [-0.1, -0.05) is 49.7 Å². The summed E-state index contributed by atoms with van der Waals surface area (Å²) in [5.74, 6) is -0.457. The number of nitrogens with two attached hydrogens (primary N) is 1. The van der Waals surface area contributed by atoms with Crippen molar-refractivity contribution < 1.29 is 9.59 Å². The molecule has 1 heterocycles. The summed E-state index contributed by atoms with van der Waals surface area (Å²) in [4.78, 5) is 31.1. The van der Waals surface area contributed by atoms with Gasteiger partial charge >= 0.3 is 0 Å². The molecule has 3 aromatic rings. The lowest BCUT2D eigenvalue weighted by Gasteiger charge is -2.39. The summed E-state index contributed by atoms with van der Waals surface area (Å²) in [6, 6.07) is 16.2. The first-order valence-corrected chi connectivity index (χ1v) is 12.6. The average Bonchev–Trinajstić information content (AvgIpc) is 3.15. The molecule has 0 spiro atoms. The Labute approximate surface area is 207 Å². The zero-order valence-electron chi connectivity index (χ0n) is 20.9. The topological polar surface area (TPSA) is 66.6 Å². The van der Waals surface area contributed by atoms with Crippen molar-refractivity contribution in [2.24, 2.45) is 5.73 Å². The van der Waals surface area contributed by atoms with Crippen molar-refractivity contribution in [1.82, 2.24) is 0 Å². The fourth-order valence-electron chi connectivity index (χ4n) is 5.62. The van der Waals surface area contributed by atoms with Crippen LogP contribution in [-0.2, 0) is 6.42 Å². The molecule has 3 aromatic carbocycles. The van der Waals surface area contributed by atoms with Crippen LogP contribution in [0, 0.1) is 13.8 Å². The largest absolute Gasteiger partial charge is 0.368 e. The smallest absolute Gasteiger partial charge is 0.251 e. The number of primary amides is 1. The molecule has 5 nitrogen and oxygen atoms in total. The summed E-state index contributed by atoms with van der Waals surface area (Å²) in [5, 5.41) is 0. The summed E-state index contributed by atoms with van der Waals surface area (Å²) >= 11 is 0. The van der Waals surface area contributed by atoms with E-state index in [1.807, 2.05) is 30.3 Å². The predicted molar refractivity (Wildman–Crippen MR) is 143 cm³/mol. The lowest BCUT2D eigenvalue weighted by atomic mass is 9.91. The number of carbonyl (C=O) groups excluding carboxylic acids is 2. The van der Waals surface area contributed by atoms with Gasteiger partial charge in [-0.15, -0.1) is 0 Å². The number of benzene rings is 3. The van der Waals surface area contributed by atoms with E-state index < -0.39 is 5.91 Å². The number of aryl methyl sites for hydroxylation is 2. The molecular formula is C30H33N3O2. The fourth-order valence-corrected chi connectivity index (χ4v) is 5.62. The highest BCUT2D eigenvalue weighted by Crippen LogP contribution is 2.45. The lowest BCUT2D eigenvalue weighted by molar-refractivity contribution is 0.0999. The summed E-state index contributed by atoms with van der Waals surface area (Å²) in [6.45, 7) is 9.53. The summed E-state index contributed by atoms with van der Waals surface area (Å²) in [6.07, 6.45) is 2.76. The highest BCUT2D eigenvalue weighted by Gasteiger charge is 2.36. The van der Waals surface area contributed by atoms with Gasteiger partial charge in [0.05, 0.1) is 16.8 Å². The van der Waals surface area contributed by atoms with E-state index in [9.17, 15) is 9.59 Å². The van der Waals surface area contributed by atoms with Gasteiger partial charge in [0.1, 0.15) is 0 Å². The van der Waals surface area contributed by atoms with Crippen LogP contribution < -0.4 is 15.5 Å². The molecule has 35 heavy (non-hydrogen) atoms. The second-order valence-corrected chi connectivity index (χ2v) is 9.72. The van der Waals surface area contributed by atoms with Crippen molar-refractivity contribution in [3.8, 4) is 11.1 Å². The minimum Gasteiger partial charge on any atom is -0.368 e. The summed E-state index contributed by atoms with van der Waals surface area (Å²) < 4.78 is 0. The van der Waals surface area contributed by atoms with Gasteiger partial charge in [0.25, 0.3) is 5.91 Å². The summed E-state index contributed by atoms with van der Waals surface area (Å²) in [5.41, 5.74) is 15.3. The number of hydrogen-bond donors (Lipinski definition) is 1. The Bertz CT molecular complexity index is 1320. The Balaban J connectivity index is 1.59. The Hall–Kier alpha value is -3.60. The van der Waals surface area contributed by atoms with Crippen molar-refractivity contribution in [3.63, 3.8) is 0 Å². The number of hydrogen-bond acceptors (Lipinski definition) is 4. The first-order valence-electron chi connectivity index (χ1n) is 12.6. The van der Waals surface area contributed by atoms with E-state index in [4.69, 9.17) is 5.73 Å². The first-order chi connectivity index (χ1) is 16.9. The molecule has 1 amide bonds. The fraction of sp³-hybridized carbons (Fsp3) is 0.333. The average molecular weight is 468 g/mol. The highest BCUT2D eigenvalue weighted by molar-refractivity contribution is 6.26. The van der Waals surface area contributed by atoms with Crippen molar-refractivity contribution in [3.05, 3.63) is 81.9 Å². The number of amides is 1. The van der Waals surface area contributed by atoms with Crippen molar-refractivity contribution in [2.45, 2.75) is 40.0 Å². The number of nitrogens with zero attached hydrogens (tertiary/aromatic N) is 2. The number of carbonyl (C=O) groups is 2. The second kappa shape index (κ2) is 9.21. The number of ketones is 1. The molecule has 0 unspecified atom stereocenters. The van der Waals surface area contributed by atoms with Crippen molar-refractivity contribution in [1.29, 1.82) is 0 Å². The lowest BCUT2D eigenvalue weighted by Crippen LogP contribution is -2.48. The molecule has 2 aliphatic rings. The second-order valence-electron chi connectivity index (χ2n) is 9.72. The molecule has 0 atom stereocenters. The molecule has 180 valence electrons. The Morgan fingerprint density at radius 2 is 1.60 bits per heavy atom. The van der Waals surface area contributed by atoms with E-state index >= 15 is 0 Å². The Kier molecular flexibility index (Phi) is 6.10. The van der Waals surface area contributed by atoms with E-state index in [2.05, 4.69) is 48.8 Å². The van der Waals surface area contributed by atoms with E-state index in [1.165, 1.54) is 16.8 Å². The maximum atomic E-state index is 13.6. The third-order valence-corrected chi connectivity index (χ3v) is 7.63. The normalized spacial score (nSPS) is 14.8. The molecule has 0 radical (unpaired) electrons. The SMILES string of the molecule is CCCCc1cc2c(c(N3CCN(c4cccc(C)c4C)CC3)c1C(N)=O)C(=O)c1ccccc1-2. The first kappa shape index (κ1) is 23.2. The number of unbranched alkanes of at least 4 members (excludes halogenated alkanes) is 1. The van der Waals surface area contributed by atoms with Crippen molar-refractivity contribution >= 4 is 23.1 Å². The van der Waals surface area contributed by atoms with E-state index in [0.717, 1.165) is 67.8 Å². The van der Waals surface area contributed by atoms with Gasteiger partial charge < -0.3 is 15.5 Å². The van der Waals surface area contributed by atoms with Crippen LogP contribution in [0.1, 0.15) is 62.7 Å². The molecule has 0 bridgehead atoms. The molecule has 1 saturated heterocycles. The van der Waals surface area contributed by atoms with Crippen LogP contribution in [0.3, 0.4) is 0 Å². The molecular weight excluding hydrogens is 434 g/mol. The van der Waals surface area contributed by atoms with Crippen molar-refractivity contribution in [2.75, 3.05) is 36.0 Å². The number of anilines is 2. The third kappa shape index (κ3) is 3.89. The monoisotopic (exact) mass is 467 g/mol. The molecule has 5 rings (SSSR count). The highest BCUT2D eigenvalue weighted by atomic mass is 16.1. The number of piperazine rings is 1. The maximum absolute atomic E-state index is 13.6. The van der Waals surface area contributed by atoms with E-state index in [1.54, 1.807) is 0 Å². The molecule has 0 saturated carbocycles. The molecule has 0 aromatic heterocycles. The maximum Gasteiger partial charge on any atom is 0.251 e. The quantitative estimate of drug-likeness (QED) is 0.419. The zero-order valence-corrected chi connectivity index (χ0v) is 20.9. The minimum absolute atomic E-state index is 0.00732. The van der Waals surface area contributed by atoms with E-state index in [-0.39, 0.29) is 5.78 Å². The van der Waals surface area contributed by atoms with Crippen LogP contribution in [0.2, 0.25) is 0 Å². The Morgan fingerprint density at radius 3 is 2.29 bits per heavy atom. The van der Waals surface area contributed by atoms with E-state index in [0.29, 0.717) is 16.7 Å². The van der Waals surface area contributed by atoms with Crippen LogP contribution >= 0.6 is 0 Å².